The monoisotopic (exact) mass is 486 g/mol. The minimum Gasteiger partial charge on any atom is -0.379 e. The van der Waals surface area contributed by atoms with Crippen molar-refractivity contribution in [2.75, 3.05) is 50.0 Å². The van der Waals surface area contributed by atoms with Gasteiger partial charge in [0, 0.05) is 34.6 Å². The van der Waals surface area contributed by atoms with Gasteiger partial charge in [0.1, 0.15) is 4.88 Å². The first kappa shape index (κ1) is 23.2. The minimum absolute atomic E-state index is 0.101. The molecule has 172 valence electrons. The number of halogens is 1. The molecule has 8 nitrogen and oxygen atoms in total. The third-order valence-corrected chi connectivity index (χ3v) is 6.75. The largest absolute Gasteiger partial charge is 0.379 e. The van der Waals surface area contributed by atoms with Crippen LogP contribution in [0.2, 0.25) is 5.02 Å². The van der Waals surface area contributed by atoms with Crippen molar-refractivity contribution in [2.24, 2.45) is 0 Å². The highest BCUT2D eigenvalue weighted by Gasteiger charge is 2.18. The summed E-state index contributed by atoms with van der Waals surface area (Å²) in [6.45, 7) is 2.87. The van der Waals surface area contributed by atoms with Gasteiger partial charge in [-0.25, -0.2) is 0 Å². The third-order valence-electron chi connectivity index (χ3n) is 5.07. The van der Waals surface area contributed by atoms with Crippen molar-refractivity contribution >= 4 is 62.1 Å². The number of anilines is 2. The van der Waals surface area contributed by atoms with Crippen molar-refractivity contribution in [3.05, 3.63) is 58.4 Å². The summed E-state index contributed by atoms with van der Waals surface area (Å²) in [6, 6.07) is 14.3. The van der Waals surface area contributed by atoms with Crippen LogP contribution < -0.4 is 16.0 Å². The Bertz CT molecular complexity index is 1160. The Labute approximate surface area is 199 Å². The second-order valence-corrected chi connectivity index (χ2v) is 8.92. The molecule has 2 aromatic carbocycles. The van der Waals surface area contributed by atoms with Crippen LogP contribution in [0.4, 0.5) is 11.4 Å². The number of ether oxygens (including phenoxy) is 1. The average molecular weight is 487 g/mol. The summed E-state index contributed by atoms with van der Waals surface area (Å²) < 4.78 is 6.19. The fourth-order valence-corrected chi connectivity index (χ4v) is 4.84. The van der Waals surface area contributed by atoms with Gasteiger partial charge in [-0.15, -0.1) is 11.3 Å². The summed E-state index contributed by atoms with van der Waals surface area (Å²) in [4.78, 5) is 39.3. The van der Waals surface area contributed by atoms with E-state index < -0.39 is 5.91 Å². The van der Waals surface area contributed by atoms with Crippen molar-refractivity contribution in [2.45, 2.75) is 0 Å². The van der Waals surface area contributed by atoms with Crippen molar-refractivity contribution in [1.29, 1.82) is 0 Å². The summed E-state index contributed by atoms with van der Waals surface area (Å²) in [5, 5.41) is 9.37. The van der Waals surface area contributed by atoms with Crippen LogP contribution in [-0.2, 0) is 14.3 Å². The summed E-state index contributed by atoms with van der Waals surface area (Å²) in [5.41, 5.74) is 1.19. The van der Waals surface area contributed by atoms with E-state index >= 15 is 0 Å². The molecule has 4 rings (SSSR count). The number of thiophene rings is 1. The van der Waals surface area contributed by atoms with Crippen LogP contribution in [-0.4, -0.2) is 62.0 Å². The van der Waals surface area contributed by atoms with Gasteiger partial charge in [0.05, 0.1) is 31.3 Å². The van der Waals surface area contributed by atoms with E-state index in [1.54, 1.807) is 24.3 Å². The first-order chi connectivity index (χ1) is 16.0. The lowest BCUT2D eigenvalue weighted by molar-refractivity contribution is -0.118. The first-order valence-corrected chi connectivity index (χ1v) is 11.6. The van der Waals surface area contributed by atoms with Gasteiger partial charge < -0.3 is 20.7 Å². The fourth-order valence-electron chi connectivity index (χ4n) is 3.41. The van der Waals surface area contributed by atoms with E-state index in [1.807, 2.05) is 29.2 Å². The molecule has 1 fully saturated rings. The van der Waals surface area contributed by atoms with Crippen LogP contribution in [0.3, 0.4) is 0 Å². The number of rotatable bonds is 7. The van der Waals surface area contributed by atoms with Crippen LogP contribution in [0.1, 0.15) is 9.67 Å². The summed E-state index contributed by atoms with van der Waals surface area (Å²) in [6.07, 6.45) is 0. The molecule has 10 heteroatoms. The molecule has 1 aromatic heterocycles. The van der Waals surface area contributed by atoms with E-state index in [1.165, 1.54) is 11.3 Å². The smallest absolute Gasteiger partial charge is 0.263 e. The maximum atomic E-state index is 12.5. The maximum Gasteiger partial charge on any atom is 0.263 e. The van der Waals surface area contributed by atoms with Gasteiger partial charge in [-0.3, -0.25) is 19.3 Å². The lowest BCUT2D eigenvalue weighted by atomic mass is 10.2. The second-order valence-electron chi connectivity index (χ2n) is 7.49. The molecule has 3 N–H and O–H groups in total. The fraction of sp³-hybridized carbons (Fsp3) is 0.261. The standard InChI is InChI=1S/C23H23ClN4O4S/c24-21-17-3-1-2-4-18(17)33-22(21)23(31)25-13-19(29)26-15-5-7-16(8-6-15)27-20(30)14-28-9-11-32-12-10-28/h1-8H,9-14H2,(H,25,31)(H,26,29)(H,27,30). The van der Waals surface area contributed by atoms with Gasteiger partial charge in [-0.1, -0.05) is 29.8 Å². The van der Waals surface area contributed by atoms with Crippen LogP contribution in [0.5, 0.6) is 0 Å². The molecule has 3 amide bonds. The molecule has 1 aliphatic heterocycles. The number of amides is 3. The molecule has 1 saturated heterocycles. The molecule has 1 aliphatic rings. The molecule has 33 heavy (non-hydrogen) atoms. The van der Waals surface area contributed by atoms with Crippen LogP contribution >= 0.6 is 22.9 Å². The summed E-state index contributed by atoms with van der Waals surface area (Å²) in [7, 11) is 0. The maximum absolute atomic E-state index is 12.5. The molecular formula is C23H23ClN4O4S. The number of nitrogens with zero attached hydrogens (tertiary/aromatic N) is 1. The SMILES string of the molecule is O=C(CNC(=O)c1sc2ccccc2c1Cl)Nc1ccc(NC(=O)CN2CCOCC2)cc1. The molecule has 0 saturated carbocycles. The number of carbonyl (C=O) groups is 3. The lowest BCUT2D eigenvalue weighted by Crippen LogP contribution is -2.41. The van der Waals surface area contributed by atoms with Gasteiger partial charge in [0.25, 0.3) is 5.91 Å². The molecule has 0 radical (unpaired) electrons. The number of nitrogens with one attached hydrogen (secondary N) is 3. The Hall–Kier alpha value is -2.98. The zero-order chi connectivity index (χ0) is 23.2. The van der Waals surface area contributed by atoms with Gasteiger partial charge in [-0.05, 0) is 30.3 Å². The van der Waals surface area contributed by atoms with Crippen molar-refractivity contribution < 1.29 is 19.1 Å². The predicted molar refractivity (Wildman–Crippen MR) is 130 cm³/mol. The Morgan fingerprint density at radius 3 is 2.24 bits per heavy atom. The topological polar surface area (TPSA) is 99.8 Å². The Morgan fingerprint density at radius 1 is 0.939 bits per heavy atom. The average Bonchev–Trinajstić information content (AvgIpc) is 3.16. The van der Waals surface area contributed by atoms with Crippen LogP contribution in [0.25, 0.3) is 10.1 Å². The molecule has 0 bridgehead atoms. The van der Waals surface area contributed by atoms with Crippen LogP contribution in [0, 0.1) is 0 Å². The van der Waals surface area contributed by atoms with E-state index in [0.717, 1.165) is 23.2 Å². The quantitative estimate of drug-likeness (QED) is 0.476. The second kappa shape index (κ2) is 10.8. The van der Waals surface area contributed by atoms with Gasteiger partial charge in [-0.2, -0.15) is 0 Å². The van der Waals surface area contributed by atoms with Crippen molar-refractivity contribution in [3.8, 4) is 0 Å². The molecule has 0 spiro atoms. The normalized spacial score (nSPS) is 14.1. The molecule has 2 heterocycles. The highest BCUT2D eigenvalue weighted by Crippen LogP contribution is 2.34. The summed E-state index contributed by atoms with van der Waals surface area (Å²) in [5.74, 6) is -0.865. The van der Waals surface area contributed by atoms with E-state index in [-0.39, 0.29) is 18.4 Å². The van der Waals surface area contributed by atoms with Gasteiger partial charge >= 0.3 is 0 Å². The van der Waals surface area contributed by atoms with E-state index in [2.05, 4.69) is 16.0 Å². The van der Waals surface area contributed by atoms with E-state index in [0.29, 0.717) is 41.0 Å². The van der Waals surface area contributed by atoms with E-state index in [9.17, 15) is 14.4 Å². The number of morpholine rings is 1. The van der Waals surface area contributed by atoms with E-state index in [4.69, 9.17) is 16.3 Å². The number of hydrogen-bond donors (Lipinski definition) is 3. The Balaban J connectivity index is 1.24. The van der Waals surface area contributed by atoms with Gasteiger partial charge in [0.15, 0.2) is 0 Å². The van der Waals surface area contributed by atoms with Crippen molar-refractivity contribution in [1.82, 2.24) is 10.2 Å². The van der Waals surface area contributed by atoms with Gasteiger partial charge in [0.2, 0.25) is 11.8 Å². The minimum atomic E-state index is -0.394. The Morgan fingerprint density at radius 2 is 1.58 bits per heavy atom. The first-order valence-electron chi connectivity index (χ1n) is 10.4. The number of benzene rings is 2. The van der Waals surface area contributed by atoms with Crippen LogP contribution in [0.15, 0.2) is 48.5 Å². The molecule has 0 unspecified atom stereocenters. The molecule has 0 aliphatic carbocycles. The summed E-state index contributed by atoms with van der Waals surface area (Å²) >= 11 is 7.60. The number of fused-ring (bicyclic) bond motifs is 1. The zero-order valence-electron chi connectivity index (χ0n) is 17.7. The predicted octanol–water partition coefficient (Wildman–Crippen LogP) is 3.19. The Kier molecular flexibility index (Phi) is 7.56. The highest BCUT2D eigenvalue weighted by atomic mass is 35.5. The molecular weight excluding hydrogens is 464 g/mol. The third kappa shape index (κ3) is 6.08. The number of hydrogen-bond acceptors (Lipinski definition) is 6. The highest BCUT2D eigenvalue weighted by molar-refractivity contribution is 7.21. The molecule has 3 aromatic rings. The van der Waals surface area contributed by atoms with Crippen molar-refractivity contribution in [3.63, 3.8) is 0 Å². The number of carbonyl (C=O) groups excluding carboxylic acids is 3. The zero-order valence-corrected chi connectivity index (χ0v) is 19.3. The lowest BCUT2D eigenvalue weighted by Gasteiger charge is -2.25. The molecule has 0 atom stereocenters.